The van der Waals surface area contributed by atoms with Crippen molar-refractivity contribution in [1.82, 2.24) is 14.5 Å². The van der Waals surface area contributed by atoms with E-state index in [9.17, 15) is 8.42 Å². The molecule has 0 N–H and O–H groups in total. The van der Waals surface area contributed by atoms with E-state index in [-0.39, 0.29) is 0 Å². The second kappa shape index (κ2) is 6.08. The average molecular weight is 311 g/mol. The first-order valence-corrected chi connectivity index (χ1v) is 9.84. The van der Waals surface area contributed by atoms with Crippen LogP contribution in [0, 0.1) is 5.92 Å². The normalized spacial score (nSPS) is 29.8. The molecule has 2 unspecified atom stereocenters. The Morgan fingerprint density at radius 2 is 2.24 bits per heavy atom. The Bertz CT molecular complexity index is 581. The minimum absolute atomic E-state index is 0.335. The van der Waals surface area contributed by atoms with Crippen LogP contribution in [0.1, 0.15) is 38.1 Å². The molecule has 1 aromatic heterocycles. The molecule has 3 rings (SSSR count). The van der Waals surface area contributed by atoms with Gasteiger partial charge in [0.1, 0.15) is 5.82 Å². The Morgan fingerprint density at radius 3 is 2.95 bits per heavy atom. The van der Waals surface area contributed by atoms with Gasteiger partial charge in [-0.1, -0.05) is 6.92 Å². The van der Waals surface area contributed by atoms with Crippen molar-refractivity contribution in [3.05, 3.63) is 18.2 Å². The minimum Gasteiger partial charge on any atom is -0.331 e. The molecule has 2 aliphatic rings. The van der Waals surface area contributed by atoms with Gasteiger partial charge in [-0.2, -0.15) is 0 Å². The van der Waals surface area contributed by atoms with Crippen LogP contribution in [-0.2, 0) is 16.3 Å². The molecular weight excluding hydrogens is 286 g/mol. The zero-order chi connectivity index (χ0) is 14.9. The van der Waals surface area contributed by atoms with Gasteiger partial charge in [0.25, 0.3) is 0 Å². The summed E-state index contributed by atoms with van der Waals surface area (Å²) in [6, 6.07) is 0.495. The number of aromatic nitrogens is 2. The predicted molar refractivity (Wildman–Crippen MR) is 83.1 cm³/mol. The Labute approximate surface area is 127 Å². The number of piperidine rings is 1. The predicted octanol–water partition coefficient (Wildman–Crippen LogP) is 1.52. The lowest BCUT2D eigenvalue weighted by atomic mass is 10.0. The first kappa shape index (κ1) is 15.0. The van der Waals surface area contributed by atoms with Crippen molar-refractivity contribution in [3.8, 4) is 0 Å². The minimum atomic E-state index is -2.76. The standard InChI is InChI=1S/C15H25N3O2S/c1-2-15-16-6-8-18(15)14-4-3-7-17(11-14)10-13-5-9-21(19,20)12-13/h6,8,13-14H,2-5,7,9-12H2,1H3. The summed E-state index contributed by atoms with van der Waals surface area (Å²) in [5.74, 6) is 2.27. The smallest absolute Gasteiger partial charge is 0.150 e. The van der Waals surface area contributed by atoms with Crippen molar-refractivity contribution < 1.29 is 8.42 Å². The molecule has 1 aromatic rings. The van der Waals surface area contributed by atoms with Gasteiger partial charge in [0.15, 0.2) is 9.84 Å². The maximum Gasteiger partial charge on any atom is 0.150 e. The number of hydrogen-bond donors (Lipinski definition) is 0. The van der Waals surface area contributed by atoms with Crippen LogP contribution in [0.15, 0.2) is 12.4 Å². The Kier molecular flexibility index (Phi) is 4.36. The summed E-state index contributed by atoms with van der Waals surface area (Å²) in [6.07, 6.45) is 8.17. The van der Waals surface area contributed by atoms with Crippen molar-refractivity contribution in [2.75, 3.05) is 31.1 Å². The van der Waals surface area contributed by atoms with Gasteiger partial charge >= 0.3 is 0 Å². The number of sulfone groups is 1. The van der Waals surface area contributed by atoms with Crippen molar-refractivity contribution >= 4 is 9.84 Å². The molecule has 21 heavy (non-hydrogen) atoms. The van der Waals surface area contributed by atoms with Crippen molar-refractivity contribution in [3.63, 3.8) is 0 Å². The first-order chi connectivity index (χ1) is 10.1. The summed E-state index contributed by atoms with van der Waals surface area (Å²) in [4.78, 5) is 6.88. The van der Waals surface area contributed by atoms with E-state index in [1.807, 2.05) is 6.20 Å². The molecule has 2 fully saturated rings. The number of rotatable bonds is 4. The largest absolute Gasteiger partial charge is 0.331 e. The number of likely N-dealkylation sites (tertiary alicyclic amines) is 1. The van der Waals surface area contributed by atoms with Crippen LogP contribution < -0.4 is 0 Å². The third kappa shape index (κ3) is 3.48. The van der Waals surface area contributed by atoms with Gasteiger partial charge in [-0.15, -0.1) is 0 Å². The van der Waals surface area contributed by atoms with E-state index >= 15 is 0 Å². The highest BCUT2D eigenvalue weighted by atomic mass is 32.2. The maximum absolute atomic E-state index is 11.6. The molecule has 0 saturated carbocycles. The number of hydrogen-bond acceptors (Lipinski definition) is 4. The molecule has 0 bridgehead atoms. The van der Waals surface area contributed by atoms with Gasteiger partial charge in [0.05, 0.1) is 11.5 Å². The highest BCUT2D eigenvalue weighted by Crippen LogP contribution is 2.26. The highest BCUT2D eigenvalue weighted by Gasteiger charge is 2.31. The van der Waals surface area contributed by atoms with Gasteiger partial charge in [-0.25, -0.2) is 13.4 Å². The molecule has 2 saturated heterocycles. The van der Waals surface area contributed by atoms with Crippen LogP contribution in [0.3, 0.4) is 0 Å². The molecule has 6 heteroatoms. The van der Waals surface area contributed by atoms with Crippen LogP contribution in [0.25, 0.3) is 0 Å². The highest BCUT2D eigenvalue weighted by molar-refractivity contribution is 7.91. The molecule has 118 valence electrons. The topological polar surface area (TPSA) is 55.2 Å². The fourth-order valence-corrected chi connectivity index (χ4v) is 5.60. The van der Waals surface area contributed by atoms with Crippen molar-refractivity contribution in [2.45, 2.75) is 38.6 Å². The van der Waals surface area contributed by atoms with Crippen molar-refractivity contribution in [2.24, 2.45) is 5.92 Å². The van der Waals surface area contributed by atoms with Crippen LogP contribution in [0.5, 0.6) is 0 Å². The van der Waals surface area contributed by atoms with Gasteiger partial charge in [-0.3, -0.25) is 0 Å². The fraction of sp³-hybridized carbons (Fsp3) is 0.800. The zero-order valence-electron chi connectivity index (χ0n) is 12.7. The molecule has 2 aliphatic heterocycles. The second-order valence-corrected chi connectivity index (χ2v) is 8.66. The first-order valence-electron chi connectivity index (χ1n) is 8.02. The van der Waals surface area contributed by atoms with E-state index < -0.39 is 9.84 Å². The molecule has 3 heterocycles. The summed E-state index contributed by atoms with van der Waals surface area (Å²) in [7, 11) is -2.76. The fourth-order valence-electron chi connectivity index (χ4n) is 3.76. The van der Waals surface area contributed by atoms with E-state index in [1.54, 1.807) is 0 Å². The van der Waals surface area contributed by atoms with Crippen LogP contribution >= 0.6 is 0 Å². The van der Waals surface area contributed by atoms with Gasteiger partial charge < -0.3 is 9.47 Å². The summed E-state index contributed by atoms with van der Waals surface area (Å²) < 4.78 is 25.5. The molecule has 5 nitrogen and oxygen atoms in total. The Morgan fingerprint density at radius 1 is 1.38 bits per heavy atom. The van der Waals surface area contributed by atoms with Crippen LogP contribution in [-0.4, -0.2) is 54.0 Å². The van der Waals surface area contributed by atoms with Gasteiger partial charge in [-0.05, 0) is 31.7 Å². The summed E-state index contributed by atoms with van der Waals surface area (Å²) in [5.41, 5.74) is 0. The molecule has 2 atom stereocenters. The number of nitrogens with zero attached hydrogens (tertiary/aromatic N) is 3. The second-order valence-electron chi connectivity index (χ2n) is 6.43. The lowest BCUT2D eigenvalue weighted by molar-refractivity contribution is 0.157. The van der Waals surface area contributed by atoms with E-state index in [2.05, 4.69) is 27.6 Å². The van der Waals surface area contributed by atoms with E-state index in [1.165, 1.54) is 12.8 Å². The molecule has 0 spiro atoms. The van der Waals surface area contributed by atoms with E-state index in [4.69, 9.17) is 0 Å². The third-order valence-corrected chi connectivity index (χ3v) is 6.62. The molecule has 0 aromatic carbocycles. The number of aryl methyl sites for hydroxylation is 1. The Balaban J connectivity index is 1.61. The lowest BCUT2D eigenvalue weighted by Crippen LogP contribution is -2.39. The SMILES string of the molecule is CCc1nccn1C1CCCN(CC2CCS(=O)(=O)C2)C1. The average Bonchev–Trinajstić information content (AvgIpc) is 3.05. The quantitative estimate of drug-likeness (QED) is 0.846. The third-order valence-electron chi connectivity index (χ3n) is 4.78. The zero-order valence-corrected chi connectivity index (χ0v) is 13.6. The van der Waals surface area contributed by atoms with Crippen molar-refractivity contribution in [1.29, 1.82) is 0 Å². The van der Waals surface area contributed by atoms with E-state index in [0.29, 0.717) is 23.5 Å². The number of imidazole rings is 1. The molecule has 0 amide bonds. The van der Waals surface area contributed by atoms with Gasteiger partial charge in [0, 0.05) is 37.9 Å². The maximum atomic E-state index is 11.6. The monoisotopic (exact) mass is 311 g/mol. The summed E-state index contributed by atoms with van der Waals surface area (Å²) >= 11 is 0. The Hall–Kier alpha value is -0.880. The lowest BCUT2D eigenvalue weighted by Gasteiger charge is -2.35. The van der Waals surface area contributed by atoms with Crippen LogP contribution in [0.4, 0.5) is 0 Å². The van der Waals surface area contributed by atoms with E-state index in [0.717, 1.165) is 38.3 Å². The molecule has 0 radical (unpaired) electrons. The summed E-state index contributed by atoms with van der Waals surface area (Å²) in [6.45, 7) is 5.21. The molecular formula is C15H25N3O2S. The van der Waals surface area contributed by atoms with Crippen LogP contribution in [0.2, 0.25) is 0 Å². The summed E-state index contributed by atoms with van der Waals surface area (Å²) in [5, 5.41) is 0. The molecule has 0 aliphatic carbocycles. The van der Waals surface area contributed by atoms with Gasteiger partial charge in [0.2, 0.25) is 0 Å².